The Hall–Kier alpha value is -2.80. The van der Waals surface area contributed by atoms with Crippen molar-refractivity contribution < 1.29 is 9.50 Å². The fraction of sp³-hybridized carbons (Fsp3) is 0.350. The van der Waals surface area contributed by atoms with E-state index in [4.69, 9.17) is 5.73 Å². The first-order valence-corrected chi connectivity index (χ1v) is 9.27. The van der Waals surface area contributed by atoms with Crippen LogP contribution in [0.15, 0.2) is 30.5 Å². The highest BCUT2D eigenvalue weighted by Crippen LogP contribution is 2.34. The van der Waals surface area contributed by atoms with Gasteiger partial charge in [0.2, 0.25) is 0 Å². The summed E-state index contributed by atoms with van der Waals surface area (Å²) < 4.78 is 13.6. The number of pyridine rings is 1. The predicted molar refractivity (Wildman–Crippen MR) is 106 cm³/mol. The third-order valence-electron chi connectivity index (χ3n) is 5.22. The van der Waals surface area contributed by atoms with Crippen LogP contribution in [0.2, 0.25) is 0 Å². The van der Waals surface area contributed by atoms with Crippen LogP contribution in [0.25, 0.3) is 10.8 Å². The Morgan fingerprint density at radius 2 is 2.07 bits per heavy atom. The number of aryl methyl sites for hydroxylation is 1. The molecular weight excluding hydrogens is 345 g/mol. The Labute approximate surface area is 157 Å². The van der Waals surface area contributed by atoms with E-state index in [0.29, 0.717) is 28.3 Å². The molecule has 1 aliphatic carbocycles. The molecule has 0 amide bonds. The SMILES string of the molecule is Cc1cc(Nc2nc(N[C@@H]3CCCC[C@@H]3N)cc3c[nH]c(O)c23)ccc1F. The first-order valence-electron chi connectivity index (χ1n) is 9.27. The highest BCUT2D eigenvalue weighted by atomic mass is 19.1. The maximum atomic E-state index is 13.6. The van der Waals surface area contributed by atoms with E-state index in [9.17, 15) is 9.50 Å². The molecule has 2 heterocycles. The second-order valence-corrected chi connectivity index (χ2v) is 7.25. The molecule has 2 atom stereocenters. The van der Waals surface area contributed by atoms with Crippen molar-refractivity contribution in [1.82, 2.24) is 9.97 Å². The van der Waals surface area contributed by atoms with E-state index in [-0.39, 0.29) is 23.8 Å². The second kappa shape index (κ2) is 7.08. The van der Waals surface area contributed by atoms with Crippen molar-refractivity contribution in [3.63, 3.8) is 0 Å². The van der Waals surface area contributed by atoms with Crippen LogP contribution < -0.4 is 16.4 Å². The van der Waals surface area contributed by atoms with Gasteiger partial charge in [0.05, 0.1) is 5.39 Å². The predicted octanol–water partition coefficient (Wildman–Crippen LogP) is 4.14. The Kier molecular flexibility index (Phi) is 4.61. The average molecular weight is 369 g/mol. The van der Waals surface area contributed by atoms with E-state index in [1.165, 1.54) is 6.07 Å². The average Bonchev–Trinajstić information content (AvgIpc) is 3.01. The highest BCUT2D eigenvalue weighted by molar-refractivity contribution is 5.99. The van der Waals surface area contributed by atoms with E-state index in [2.05, 4.69) is 20.6 Å². The van der Waals surface area contributed by atoms with Crippen LogP contribution in [0.3, 0.4) is 0 Å². The van der Waals surface area contributed by atoms with Gasteiger partial charge in [0, 0.05) is 29.4 Å². The maximum Gasteiger partial charge on any atom is 0.200 e. The highest BCUT2D eigenvalue weighted by Gasteiger charge is 2.22. The number of hydrogen-bond acceptors (Lipinski definition) is 5. The molecule has 0 saturated heterocycles. The van der Waals surface area contributed by atoms with Crippen molar-refractivity contribution in [2.24, 2.45) is 5.73 Å². The number of aromatic amines is 1. The van der Waals surface area contributed by atoms with Crippen molar-refractivity contribution in [2.45, 2.75) is 44.7 Å². The van der Waals surface area contributed by atoms with Crippen LogP contribution in [0.1, 0.15) is 31.2 Å². The van der Waals surface area contributed by atoms with Crippen molar-refractivity contribution in [2.75, 3.05) is 10.6 Å². The monoisotopic (exact) mass is 369 g/mol. The normalized spacial score (nSPS) is 20.0. The standard InChI is InChI=1S/C20H24FN5O/c1-11-8-13(6-7-14(11)21)24-19-18-12(10-23-20(18)27)9-17(26-19)25-16-5-3-2-4-15(16)22/h6-10,15-16,23,25,27H,2-5,22H2,1H3,(H,24,26)/t15-,16+/m0/s1. The Morgan fingerprint density at radius 1 is 1.26 bits per heavy atom. The molecule has 0 unspecified atom stereocenters. The molecule has 27 heavy (non-hydrogen) atoms. The third-order valence-corrected chi connectivity index (χ3v) is 5.22. The van der Waals surface area contributed by atoms with E-state index < -0.39 is 0 Å². The molecule has 2 aromatic heterocycles. The van der Waals surface area contributed by atoms with E-state index >= 15 is 0 Å². The molecule has 7 heteroatoms. The van der Waals surface area contributed by atoms with Crippen LogP contribution >= 0.6 is 0 Å². The number of nitrogens with zero attached hydrogens (tertiary/aromatic N) is 1. The van der Waals surface area contributed by atoms with Gasteiger partial charge in [-0.3, -0.25) is 0 Å². The van der Waals surface area contributed by atoms with E-state index in [1.807, 2.05) is 6.07 Å². The fourth-order valence-corrected chi connectivity index (χ4v) is 3.70. The summed E-state index contributed by atoms with van der Waals surface area (Å²) in [5, 5.41) is 18.3. The Morgan fingerprint density at radius 3 is 2.85 bits per heavy atom. The zero-order chi connectivity index (χ0) is 19.0. The summed E-state index contributed by atoms with van der Waals surface area (Å²) in [6, 6.07) is 6.95. The Bertz CT molecular complexity index is 970. The number of hydrogen-bond donors (Lipinski definition) is 5. The van der Waals surface area contributed by atoms with Gasteiger partial charge in [-0.15, -0.1) is 0 Å². The minimum absolute atomic E-state index is 0.0414. The lowest BCUT2D eigenvalue weighted by atomic mass is 9.91. The summed E-state index contributed by atoms with van der Waals surface area (Å²) in [6.07, 6.45) is 6.07. The molecule has 0 spiro atoms. The fourth-order valence-electron chi connectivity index (χ4n) is 3.70. The molecule has 1 saturated carbocycles. The topological polar surface area (TPSA) is 99.0 Å². The van der Waals surface area contributed by atoms with Crippen molar-refractivity contribution in [3.8, 4) is 5.88 Å². The zero-order valence-corrected chi connectivity index (χ0v) is 15.2. The van der Waals surface area contributed by atoms with Crippen LogP contribution in [0.4, 0.5) is 21.7 Å². The molecule has 0 radical (unpaired) electrons. The van der Waals surface area contributed by atoms with Gasteiger partial charge >= 0.3 is 0 Å². The summed E-state index contributed by atoms with van der Waals surface area (Å²) in [6.45, 7) is 1.71. The van der Waals surface area contributed by atoms with Gasteiger partial charge < -0.3 is 26.5 Å². The van der Waals surface area contributed by atoms with Gasteiger partial charge in [-0.25, -0.2) is 9.37 Å². The number of rotatable bonds is 4. The first-order chi connectivity index (χ1) is 13.0. The number of nitrogens with two attached hydrogens (primary N) is 1. The molecule has 1 aromatic carbocycles. The van der Waals surface area contributed by atoms with Gasteiger partial charge in [0.15, 0.2) is 5.88 Å². The third kappa shape index (κ3) is 3.55. The van der Waals surface area contributed by atoms with Gasteiger partial charge in [0.1, 0.15) is 17.5 Å². The summed E-state index contributed by atoms with van der Waals surface area (Å²) in [5.74, 6) is 0.985. The molecule has 3 aromatic rings. The number of aromatic nitrogens is 2. The quantitative estimate of drug-likeness (QED) is 0.476. The summed E-state index contributed by atoms with van der Waals surface area (Å²) >= 11 is 0. The maximum absolute atomic E-state index is 13.6. The lowest BCUT2D eigenvalue weighted by Crippen LogP contribution is -2.42. The molecule has 142 valence electrons. The van der Waals surface area contributed by atoms with Gasteiger partial charge in [-0.1, -0.05) is 12.8 Å². The van der Waals surface area contributed by atoms with Crippen LogP contribution in [-0.2, 0) is 0 Å². The minimum Gasteiger partial charge on any atom is -0.494 e. The minimum atomic E-state index is -0.259. The molecule has 6 N–H and O–H groups in total. The second-order valence-electron chi connectivity index (χ2n) is 7.25. The lowest BCUT2D eigenvalue weighted by Gasteiger charge is -2.29. The van der Waals surface area contributed by atoms with Crippen LogP contribution in [0.5, 0.6) is 5.88 Å². The molecule has 6 nitrogen and oxygen atoms in total. The summed E-state index contributed by atoms with van der Waals surface area (Å²) in [5.41, 5.74) is 7.49. The molecule has 1 aliphatic rings. The van der Waals surface area contributed by atoms with Gasteiger partial charge in [-0.2, -0.15) is 0 Å². The lowest BCUT2D eigenvalue weighted by molar-refractivity contribution is 0.403. The van der Waals surface area contributed by atoms with Crippen molar-refractivity contribution in [1.29, 1.82) is 0 Å². The summed E-state index contributed by atoms with van der Waals surface area (Å²) in [7, 11) is 0. The van der Waals surface area contributed by atoms with Gasteiger partial charge in [-0.05, 0) is 49.6 Å². The number of fused-ring (bicyclic) bond motifs is 1. The first kappa shape index (κ1) is 17.6. The summed E-state index contributed by atoms with van der Waals surface area (Å²) in [4.78, 5) is 7.48. The molecule has 0 aliphatic heterocycles. The smallest absolute Gasteiger partial charge is 0.200 e. The van der Waals surface area contributed by atoms with Gasteiger partial charge in [0.25, 0.3) is 0 Å². The Balaban J connectivity index is 1.69. The van der Waals surface area contributed by atoms with E-state index in [0.717, 1.165) is 31.1 Å². The van der Waals surface area contributed by atoms with E-state index in [1.54, 1.807) is 25.3 Å². The number of anilines is 3. The molecule has 4 rings (SSSR count). The number of halogens is 1. The molecule has 0 bridgehead atoms. The number of aromatic hydroxyl groups is 1. The van der Waals surface area contributed by atoms with Crippen LogP contribution in [0, 0.1) is 12.7 Å². The molecular formula is C20H24FN5O. The number of nitrogens with one attached hydrogen (secondary N) is 3. The molecule has 1 fully saturated rings. The van der Waals surface area contributed by atoms with Crippen molar-refractivity contribution >= 4 is 28.1 Å². The largest absolute Gasteiger partial charge is 0.494 e. The number of H-pyrrole nitrogens is 1. The van der Waals surface area contributed by atoms with Crippen molar-refractivity contribution in [3.05, 3.63) is 41.8 Å². The number of benzene rings is 1. The van der Waals surface area contributed by atoms with Crippen LogP contribution in [-0.4, -0.2) is 27.2 Å². The zero-order valence-electron chi connectivity index (χ0n) is 15.2.